The zero-order valence-corrected chi connectivity index (χ0v) is 19.0. The Hall–Kier alpha value is -3.55. The van der Waals surface area contributed by atoms with Crippen LogP contribution in [0.15, 0.2) is 36.4 Å². The van der Waals surface area contributed by atoms with Crippen LogP contribution in [0.1, 0.15) is 31.9 Å². The smallest absolute Gasteiger partial charge is 0.318 e. The number of aliphatic carboxylic acids is 1. The second kappa shape index (κ2) is 9.07. The Labute approximate surface area is 182 Å². The summed E-state index contributed by atoms with van der Waals surface area (Å²) >= 11 is 0. The molecule has 0 aromatic heterocycles. The molecule has 0 saturated carbocycles. The van der Waals surface area contributed by atoms with Crippen LogP contribution in [0, 0.1) is 0 Å². The van der Waals surface area contributed by atoms with Crippen LogP contribution in [-0.2, 0) is 19.8 Å². The molecule has 2 aromatic carbocycles. The molecule has 2 amide bonds. The van der Waals surface area contributed by atoms with E-state index in [0.29, 0.717) is 22.5 Å². The predicted molar refractivity (Wildman–Crippen MR) is 124 cm³/mol. The zero-order chi connectivity index (χ0) is 23.5. The van der Waals surface area contributed by atoms with Crippen LogP contribution in [-0.4, -0.2) is 51.1 Å². The zero-order valence-electron chi connectivity index (χ0n) is 19.0. The molecule has 2 aromatic rings. The first-order chi connectivity index (χ1) is 14.4. The Kier molecular flexibility index (Phi) is 6.95. The lowest BCUT2D eigenvalue weighted by atomic mass is 9.74. The average molecular weight is 427 g/mol. The first-order valence-corrected chi connectivity index (χ1v) is 9.80. The van der Waals surface area contributed by atoms with Gasteiger partial charge in [0.25, 0.3) is 0 Å². The summed E-state index contributed by atoms with van der Waals surface area (Å²) in [5.74, 6) is -1.73. The average Bonchev–Trinajstić information content (AvgIpc) is 2.66. The molecule has 0 fully saturated rings. The summed E-state index contributed by atoms with van der Waals surface area (Å²) in [5, 5.41) is 15.9. The number of rotatable bonds is 7. The largest absolute Gasteiger partial charge is 0.480 e. The van der Waals surface area contributed by atoms with Gasteiger partial charge in [0.2, 0.25) is 11.8 Å². The Morgan fingerprint density at radius 3 is 1.39 bits per heavy atom. The van der Waals surface area contributed by atoms with Crippen LogP contribution in [0.4, 0.5) is 22.7 Å². The van der Waals surface area contributed by atoms with E-state index < -0.39 is 11.4 Å². The van der Waals surface area contributed by atoms with E-state index in [9.17, 15) is 19.5 Å². The first-order valence-electron chi connectivity index (χ1n) is 9.80. The summed E-state index contributed by atoms with van der Waals surface area (Å²) in [4.78, 5) is 40.2. The maximum absolute atomic E-state index is 12.7. The Morgan fingerprint density at radius 1 is 0.774 bits per heavy atom. The molecule has 2 rings (SSSR count). The maximum atomic E-state index is 12.7. The number of nitrogens with one attached hydrogen (secondary N) is 2. The molecule has 0 saturated heterocycles. The third-order valence-corrected chi connectivity index (χ3v) is 5.17. The van der Waals surface area contributed by atoms with Crippen LogP contribution in [0.2, 0.25) is 0 Å². The molecule has 31 heavy (non-hydrogen) atoms. The van der Waals surface area contributed by atoms with Crippen molar-refractivity contribution in [2.24, 2.45) is 0 Å². The molecule has 0 radical (unpaired) electrons. The van der Waals surface area contributed by atoms with Gasteiger partial charge in [-0.3, -0.25) is 14.4 Å². The first kappa shape index (κ1) is 23.7. The molecular formula is C23H30N4O4. The summed E-state index contributed by atoms with van der Waals surface area (Å²) in [6.07, 6.45) is 0. The van der Waals surface area contributed by atoms with Crippen molar-refractivity contribution in [2.45, 2.75) is 26.2 Å². The number of carbonyl (C=O) groups excluding carboxylic acids is 2. The number of carbonyl (C=O) groups is 3. The van der Waals surface area contributed by atoms with E-state index in [4.69, 9.17) is 0 Å². The molecule has 0 spiro atoms. The number of carboxylic acid groups (broad SMARTS) is 1. The molecule has 8 nitrogen and oxygen atoms in total. The molecular weight excluding hydrogens is 396 g/mol. The van der Waals surface area contributed by atoms with Gasteiger partial charge in [-0.05, 0) is 42.3 Å². The number of carboxylic acids is 1. The molecule has 3 N–H and O–H groups in total. The van der Waals surface area contributed by atoms with Gasteiger partial charge in [-0.2, -0.15) is 0 Å². The number of nitrogens with zero attached hydrogens (tertiary/aromatic N) is 2. The van der Waals surface area contributed by atoms with Gasteiger partial charge in [-0.1, -0.05) is 12.1 Å². The van der Waals surface area contributed by atoms with E-state index in [-0.39, 0.29) is 11.8 Å². The molecule has 0 atom stereocenters. The van der Waals surface area contributed by atoms with E-state index >= 15 is 0 Å². The van der Waals surface area contributed by atoms with E-state index in [1.807, 2.05) is 38.0 Å². The lowest BCUT2D eigenvalue weighted by Crippen LogP contribution is -2.36. The summed E-state index contributed by atoms with van der Waals surface area (Å²) in [6, 6.07) is 10.5. The lowest BCUT2D eigenvalue weighted by molar-refractivity contribution is -0.141. The highest BCUT2D eigenvalue weighted by Crippen LogP contribution is 2.42. The van der Waals surface area contributed by atoms with E-state index in [2.05, 4.69) is 10.6 Å². The van der Waals surface area contributed by atoms with Crippen molar-refractivity contribution in [3.63, 3.8) is 0 Å². The van der Waals surface area contributed by atoms with Gasteiger partial charge >= 0.3 is 5.97 Å². The van der Waals surface area contributed by atoms with Crippen LogP contribution in [0.3, 0.4) is 0 Å². The van der Waals surface area contributed by atoms with Crippen LogP contribution >= 0.6 is 0 Å². The second-order valence-electron chi connectivity index (χ2n) is 8.04. The van der Waals surface area contributed by atoms with Gasteiger partial charge in [0.15, 0.2) is 0 Å². The van der Waals surface area contributed by atoms with Crippen molar-refractivity contribution in [1.29, 1.82) is 0 Å². The predicted octanol–water partition coefficient (Wildman–Crippen LogP) is 3.13. The highest BCUT2D eigenvalue weighted by molar-refractivity contribution is 5.98. The SMILES string of the molecule is CC(=O)Nc1cc(N(C)C)ccc1C(C)(C(=O)O)c1ccc(N(C)C)cc1NC(C)=O. The fraction of sp³-hybridized carbons (Fsp3) is 0.348. The number of amides is 2. The van der Waals surface area contributed by atoms with Gasteiger partial charge < -0.3 is 25.5 Å². The van der Waals surface area contributed by atoms with Gasteiger partial charge in [0.05, 0.1) is 0 Å². The third kappa shape index (κ3) is 4.96. The highest BCUT2D eigenvalue weighted by atomic mass is 16.4. The van der Waals surface area contributed by atoms with Gasteiger partial charge in [0.1, 0.15) is 5.41 Å². The van der Waals surface area contributed by atoms with Gasteiger partial charge in [-0.15, -0.1) is 0 Å². The summed E-state index contributed by atoms with van der Waals surface area (Å²) < 4.78 is 0. The van der Waals surface area contributed by atoms with Crippen molar-refractivity contribution in [3.8, 4) is 0 Å². The van der Waals surface area contributed by atoms with Crippen molar-refractivity contribution in [3.05, 3.63) is 47.5 Å². The molecule has 8 heteroatoms. The molecule has 0 bridgehead atoms. The van der Waals surface area contributed by atoms with Gasteiger partial charge in [-0.25, -0.2) is 0 Å². The van der Waals surface area contributed by atoms with Crippen molar-refractivity contribution in [1.82, 2.24) is 0 Å². The molecule has 0 heterocycles. The van der Waals surface area contributed by atoms with Gasteiger partial charge in [0, 0.05) is 64.8 Å². The minimum absolute atomic E-state index is 0.310. The maximum Gasteiger partial charge on any atom is 0.318 e. The third-order valence-electron chi connectivity index (χ3n) is 5.17. The Morgan fingerprint density at radius 2 is 1.13 bits per heavy atom. The fourth-order valence-electron chi connectivity index (χ4n) is 3.45. The van der Waals surface area contributed by atoms with Crippen molar-refractivity contribution in [2.75, 3.05) is 48.6 Å². The molecule has 0 aliphatic heterocycles. The van der Waals surface area contributed by atoms with Crippen molar-refractivity contribution < 1.29 is 19.5 Å². The topological polar surface area (TPSA) is 102 Å². The van der Waals surface area contributed by atoms with E-state index in [0.717, 1.165) is 11.4 Å². The van der Waals surface area contributed by atoms with Crippen LogP contribution in [0.5, 0.6) is 0 Å². The van der Waals surface area contributed by atoms with Crippen LogP contribution < -0.4 is 20.4 Å². The van der Waals surface area contributed by atoms with Crippen LogP contribution in [0.25, 0.3) is 0 Å². The molecule has 0 unspecified atom stereocenters. The second-order valence-corrected chi connectivity index (χ2v) is 8.04. The standard InChI is InChI=1S/C23H30N4O4/c1-14(28)24-20-12-16(26(4)5)8-10-18(20)23(3,22(30)31)19-11-9-17(27(6)7)13-21(19)25-15(2)29/h8-13H,1-7H3,(H,24,28)(H,25,29)(H,30,31). The van der Waals surface area contributed by atoms with E-state index in [1.165, 1.54) is 13.8 Å². The monoisotopic (exact) mass is 426 g/mol. The lowest BCUT2D eigenvalue weighted by Gasteiger charge is -2.31. The summed E-state index contributed by atoms with van der Waals surface area (Å²) in [5.41, 5.74) is 1.68. The molecule has 0 aliphatic rings. The summed E-state index contributed by atoms with van der Waals surface area (Å²) in [7, 11) is 7.44. The molecule has 0 aliphatic carbocycles. The minimum Gasteiger partial charge on any atom is -0.480 e. The summed E-state index contributed by atoms with van der Waals surface area (Å²) in [6.45, 7) is 4.32. The number of anilines is 4. The number of benzene rings is 2. The van der Waals surface area contributed by atoms with Crippen molar-refractivity contribution >= 4 is 40.5 Å². The van der Waals surface area contributed by atoms with E-state index in [1.54, 1.807) is 43.3 Å². The Balaban J connectivity index is 2.84. The minimum atomic E-state index is -1.55. The quantitative estimate of drug-likeness (QED) is 0.629. The highest BCUT2D eigenvalue weighted by Gasteiger charge is 2.41. The Bertz CT molecular complexity index is 943. The normalized spacial score (nSPS) is 10.9. The number of hydrogen-bond donors (Lipinski definition) is 3. The molecule has 166 valence electrons. The fourth-order valence-corrected chi connectivity index (χ4v) is 3.45. The number of hydrogen-bond acceptors (Lipinski definition) is 5.